The van der Waals surface area contributed by atoms with Gasteiger partial charge in [-0.2, -0.15) is 5.10 Å². The minimum atomic E-state index is -0.515. The molecule has 1 saturated heterocycles. The van der Waals surface area contributed by atoms with Crippen LogP contribution in [0.5, 0.6) is 5.75 Å². The Morgan fingerprint density at radius 2 is 1.90 bits per heavy atom. The summed E-state index contributed by atoms with van der Waals surface area (Å²) in [6.07, 6.45) is 3.30. The largest absolute Gasteiger partial charge is 0.497 e. The molecule has 0 unspecified atom stereocenters. The van der Waals surface area contributed by atoms with E-state index in [1.54, 1.807) is 16.8 Å². The number of nitrogens with one attached hydrogen (secondary N) is 1. The first-order chi connectivity index (χ1) is 14.6. The van der Waals surface area contributed by atoms with Gasteiger partial charge in [-0.1, -0.05) is 6.07 Å². The van der Waals surface area contributed by atoms with Crippen molar-refractivity contribution in [3.8, 4) is 5.75 Å². The molecule has 0 spiro atoms. The highest BCUT2D eigenvalue weighted by Gasteiger charge is 2.51. The Labute approximate surface area is 180 Å². The second kappa shape index (κ2) is 7.65. The van der Waals surface area contributed by atoms with Crippen molar-refractivity contribution in [1.82, 2.24) is 14.9 Å². The van der Waals surface area contributed by atoms with E-state index < -0.39 is 24.1 Å². The number of benzene rings is 1. The SMILES string of the molecule is COc1cc(F)cc(CNC(=O)c2cnn3cc(B4OC(C)(C)C(C)(C)O4)ccc23)c1. The lowest BCUT2D eigenvalue weighted by Crippen LogP contribution is -2.41. The number of nitrogens with zero attached hydrogens (tertiary/aromatic N) is 2. The first-order valence-corrected chi connectivity index (χ1v) is 10.0. The van der Waals surface area contributed by atoms with Crippen LogP contribution in [0.2, 0.25) is 0 Å². The third kappa shape index (κ3) is 4.03. The van der Waals surface area contributed by atoms with Crippen molar-refractivity contribution < 1.29 is 23.2 Å². The van der Waals surface area contributed by atoms with E-state index in [4.69, 9.17) is 14.0 Å². The van der Waals surface area contributed by atoms with Crippen molar-refractivity contribution in [2.24, 2.45) is 0 Å². The fourth-order valence-electron chi connectivity index (χ4n) is 3.41. The van der Waals surface area contributed by atoms with Gasteiger partial charge in [0.1, 0.15) is 11.6 Å². The summed E-state index contributed by atoms with van der Waals surface area (Å²) in [7, 11) is 0.951. The van der Waals surface area contributed by atoms with E-state index >= 15 is 0 Å². The van der Waals surface area contributed by atoms with Gasteiger partial charge in [-0.15, -0.1) is 0 Å². The topological polar surface area (TPSA) is 74.1 Å². The molecule has 7 nitrogen and oxygen atoms in total. The highest BCUT2D eigenvalue weighted by Crippen LogP contribution is 2.36. The molecule has 1 aliphatic rings. The minimum Gasteiger partial charge on any atom is -0.497 e. The summed E-state index contributed by atoms with van der Waals surface area (Å²) >= 11 is 0. The van der Waals surface area contributed by atoms with Crippen LogP contribution in [0, 0.1) is 5.82 Å². The molecule has 2 aromatic heterocycles. The maximum Gasteiger partial charge on any atom is 0.496 e. The first-order valence-electron chi connectivity index (χ1n) is 10.0. The summed E-state index contributed by atoms with van der Waals surface area (Å²) in [6, 6.07) is 8.00. The van der Waals surface area contributed by atoms with Gasteiger partial charge in [-0.05, 0) is 51.5 Å². The molecular weight excluding hydrogens is 400 g/mol. The highest BCUT2D eigenvalue weighted by atomic mass is 19.1. The van der Waals surface area contributed by atoms with Crippen LogP contribution in [-0.4, -0.2) is 41.0 Å². The minimum absolute atomic E-state index is 0.163. The number of methoxy groups -OCH3 is 1. The number of hydrogen-bond acceptors (Lipinski definition) is 5. The Hall–Kier alpha value is -2.91. The van der Waals surface area contributed by atoms with Crippen LogP contribution in [-0.2, 0) is 15.9 Å². The molecular formula is C22H25BFN3O4. The normalized spacial score (nSPS) is 17.2. The van der Waals surface area contributed by atoms with Crippen LogP contribution in [0.4, 0.5) is 4.39 Å². The Kier molecular flexibility index (Phi) is 5.27. The predicted octanol–water partition coefficient (Wildman–Crippen LogP) is 2.71. The van der Waals surface area contributed by atoms with Gasteiger partial charge in [0.25, 0.3) is 5.91 Å². The lowest BCUT2D eigenvalue weighted by atomic mass is 9.80. The molecule has 1 amide bonds. The van der Waals surface area contributed by atoms with Gasteiger partial charge in [0.05, 0.1) is 35.6 Å². The van der Waals surface area contributed by atoms with E-state index in [-0.39, 0.29) is 12.5 Å². The number of carbonyl (C=O) groups excluding carboxylic acids is 1. The maximum atomic E-state index is 13.7. The molecule has 4 rings (SSSR count). The molecule has 1 aromatic carbocycles. The number of fused-ring (bicyclic) bond motifs is 1. The molecule has 1 fully saturated rings. The van der Waals surface area contributed by atoms with Gasteiger partial charge < -0.3 is 19.4 Å². The smallest absolute Gasteiger partial charge is 0.496 e. The van der Waals surface area contributed by atoms with E-state index in [9.17, 15) is 9.18 Å². The van der Waals surface area contributed by atoms with Crippen LogP contribution in [0.15, 0.2) is 42.7 Å². The Morgan fingerprint density at radius 3 is 2.58 bits per heavy atom. The molecule has 31 heavy (non-hydrogen) atoms. The summed E-state index contributed by atoms with van der Waals surface area (Å²) in [4.78, 5) is 12.7. The second-order valence-electron chi connectivity index (χ2n) is 8.62. The Bertz CT molecular complexity index is 1130. The van der Waals surface area contributed by atoms with Crippen molar-refractivity contribution in [2.75, 3.05) is 7.11 Å². The van der Waals surface area contributed by atoms with Gasteiger partial charge in [-0.25, -0.2) is 8.91 Å². The fourth-order valence-corrected chi connectivity index (χ4v) is 3.41. The zero-order chi connectivity index (χ0) is 22.4. The number of carbonyl (C=O) groups is 1. The van der Waals surface area contributed by atoms with E-state index in [1.807, 2.05) is 39.8 Å². The number of pyridine rings is 1. The standard InChI is InChI=1S/C22H25BFN3O4/c1-21(2)22(3,4)31-23(30-21)15-6-7-19-18(12-26-27(19)13-15)20(28)25-11-14-8-16(24)10-17(9-14)29-5/h6-10,12-13H,11H2,1-5H3,(H,25,28). The third-order valence-electron chi connectivity index (χ3n) is 5.93. The highest BCUT2D eigenvalue weighted by molar-refractivity contribution is 6.62. The predicted molar refractivity (Wildman–Crippen MR) is 115 cm³/mol. The van der Waals surface area contributed by atoms with Crippen molar-refractivity contribution in [3.05, 3.63) is 59.7 Å². The molecule has 3 aromatic rings. The second-order valence-corrected chi connectivity index (χ2v) is 8.62. The Balaban J connectivity index is 1.51. The summed E-state index contributed by atoms with van der Waals surface area (Å²) in [5.74, 6) is -0.327. The third-order valence-corrected chi connectivity index (χ3v) is 5.93. The van der Waals surface area contributed by atoms with E-state index in [1.165, 1.54) is 25.4 Å². The first kappa shape index (κ1) is 21.3. The lowest BCUT2D eigenvalue weighted by molar-refractivity contribution is 0.00578. The van der Waals surface area contributed by atoms with Crippen LogP contribution in [0.25, 0.3) is 5.52 Å². The van der Waals surface area contributed by atoms with E-state index in [2.05, 4.69) is 10.4 Å². The summed E-state index contributed by atoms with van der Waals surface area (Å²) in [5, 5.41) is 7.11. The van der Waals surface area contributed by atoms with Crippen LogP contribution in [0.1, 0.15) is 43.6 Å². The van der Waals surface area contributed by atoms with Crippen LogP contribution < -0.4 is 15.5 Å². The van der Waals surface area contributed by atoms with Gasteiger partial charge >= 0.3 is 7.12 Å². The van der Waals surface area contributed by atoms with E-state index in [0.29, 0.717) is 22.4 Å². The summed E-state index contributed by atoms with van der Waals surface area (Å²) in [6.45, 7) is 8.15. The van der Waals surface area contributed by atoms with Crippen LogP contribution >= 0.6 is 0 Å². The summed E-state index contributed by atoms with van der Waals surface area (Å²) in [5.41, 5.74) is 1.60. The molecule has 0 bridgehead atoms. The van der Waals surface area contributed by atoms with Gasteiger partial charge in [-0.3, -0.25) is 4.79 Å². The lowest BCUT2D eigenvalue weighted by Gasteiger charge is -2.32. The molecule has 0 saturated carbocycles. The quantitative estimate of drug-likeness (QED) is 0.637. The average molecular weight is 425 g/mol. The molecule has 162 valence electrons. The van der Waals surface area contributed by atoms with Gasteiger partial charge in [0, 0.05) is 24.3 Å². The number of hydrogen-bond donors (Lipinski definition) is 1. The maximum absolute atomic E-state index is 13.7. The van der Waals surface area contributed by atoms with E-state index in [0.717, 1.165) is 5.46 Å². The van der Waals surface area contributed by atoms with Crippen molar-refractivity contribution in [1.29, 1.82) is 0 Å². The molecule has 0 aliphatic carbocycles. The van der Waals surface area contributed by atoms with Gasteiger partial charge in [0.2, 0.25) is 0 Å². The molecule has 1 N–H and O–H groups in total. The number of ether oxygens (including phenoxy) is 1. The molecule has 9 heteroatoms. The zero-order valence-corrected chi connectivity index (χ0v) is 18.2. The van der Waals surface area contributed by atoms with Crippen LogP contribution in [0.3, 0.4) is 0 Å². The number of aromatic nitrogens is 2. The number of rotatable bonds is 5. The van der Waals surface area contributed by atoms with Gasteiger partial charge in [0.15, 0.2) is 0 Å². The number of halogens is 1. The molecule has 0 radical (unpaired) electrons. The van der Waals surface area contributed by atoms with Crippen molar-refractivity contribution >= 4 is 24.0 Å². The molecule has 0 atom stereocenters. The zero-order valence-electron chi connectivity index (χ0n) is 18.2. The Morgan fingerprint density at radius 1 is 1.19 bits per heavy atom. The fraction of sp³-hybridized carbons (Fsp3) is 0.364. The van der Waals surface area contributed by atoms with Crippen molar-refractivity contribution in [3.63, 3.8) is 0 Å². The monoisotopic (exact) mass is 425 g/mol. The summed E-state index contributed by atoms with van der Waals surface area (Å²) < 4.78 is 32.5. The molecule has 3 heterocycles. The average Bonchev–Trinajstić information content (AvgIpc) is 3.22. The number of amides is 1. The van der Waals surface area contributed by atoms with Crippen molar-refractivity contribution in [2.45, 2.75) is 45.4 Å². The molecule has 1 aliphatic heterocycles.